The van der Waals surface area contributed by atoms with E-state index < -0.39 is 6.10 Å². The second-order valence-electron chi connectivity index (χ2n) is 19.5. The van der Waals surface area contributed by atoms with Crippen molar-refractivity contribution in [2.75, 3.05) is 13.2 Å². The van der Waals surface area contributed by atoms with Gasteiger partial charge in [-0.3, -0.25) is 14.4 Å². The van der Waals surface area contributed by atoms with Crippen molar-refractivity contribution in [1.82, 2.24) is 0 Å². The maximum Gasteiger partial charge on any atom is 0.306 e. The Labute approximate surface area is 444 Å². The van der Waals surface area contributed by atoms with Crippen LogP contribution in [0.25, 0.3) is 0 Å². The molecule has 0 aliphatic rings. The van der Waals surface area contributed by atoms with E-state index >= 15 is 0 Å². The highest BCUT2D eigenvalue weighted by atomic mass is 16.6. The minimum atomic E-state index is -0.804. The van der Waals surface area contributed by atoms with Gasteiger partial charge in [-0.05, 0) is 103 Å². The maximum atomic E-state index is 12.9. The molecule has 6 heteroatoms. The third-order valence-electron chi connectivity index (χ3n) is 12.5. The van der Waals surface area contributed by atoms with Crippen LogP contribution in [0.5, 0.6) is 0 Å². The summed E-state index contributed by atoms with van der Waals surface area (Å²) < 4.78 is 16.8. The Morgan fingerprint density at radius 2 is 0.542 bits per heavy atom. The standard InChI is InChI=1S/C66H110O6/c1-4-7-10-13-16-19-22-25-28-30-32-33-34-36-38-41-44-47-50-53-56-59-65(68)71-62-63(61-70-64(67)58-55-52-49-46-43-40-37-27-24-21-18-15-12-9-6-3)72-66(69)60-57-54-51-48-45-42-39-35-31-29-26-23-20-17-14-11-8-5-2/h7,9-10,12,16,18-19,21,25,27-28,32-33,36-38,44,47,63H,4-6,8,11,13-15,17,20,22-24,26,29-31,34-35,39-43,45-46,48-62H2,1-3H3/b10-7-,12-9-,19-16-,21-18-,28-25-,33-32-,37-27-,38-36-,47-44-. The highest BCUT2D eigenvalue weighted by Crippen LogP contribution is 2.16. The highest BCUT2D eigenvalue weighted by molar-refractivity contribution is 5.71. The number of carbonyl (C=O) groups excluding carboxylic acids is 3. The Kier molecular flexibility index (Phi) is 56.4. The SMILES string of the molecule is CC/C=C\C/C=C\C/C=C\C/C=C\C/C=C\C/C=C\CCCCC(=O)OCC(COC(=O)CCCCCCC/C=C\C/C=C\C/C=C\CC)OC(=O)CCCCCCCCCCCCCCCCCCCC. The van der Waals surface area contributed by atoms with Crippen LogP contribution in [0.4, 0.5) is 0 Å². The zero-order valence-electron chi connectivity index (χ0n) is 46.9. The average molecular weight is 1000 g/mol. The molecule has 6 nitrogen and oxygen atoms in total. The number of rotatable bonds is 53. The van der Waals surface area contributed by atoms with Crippen LogP contribution < -0.4 is 0 Å². The van der Waals surface area contributed by atoms with E-state index in [0.717, 1.165) is 135 Å². The quantitative estimate of drug-likeness (QED) is 0.0261. The van der Waals surface area contributed by atoms with Crippen LogP contribution in [-0.2, 0) is 28.6 Å². The number of carbonyl (C=O) groups is 3. The van der Waals surface area contributed by atoms with Gasteiger partial charge in [0.1, 0.15) is 13.2 Å². The largest absolute Gasteiger partial charge is 0.462 e. The zero-order valence-corrected chi connectivity index (χ0v) is 46.9. The van der Waals surface area contributed by atoms with Gasteiger partial charge in [0.05, 0.1) is 0 Å². The first kappa shape index (κ1) is 68.1. The van der Waals surface area contributed by atoms with Gasteiger partial charge >= 0.3 is 17.9 Å². The van der Waals surface area contributed by atoms with Crippen molar-refractivity contribution >= 4 is 17.9 Å². The van der Waals surface area contributed by atoms with Gasteiger partial charge in [-0.15, -0.1) is 0 Å². The Bertz CT molecular complexity index is 1470. The number of ether oxygens (including phenoxy) is 3. The maximum absolute atomic E-state index is 12.9. The van der Waals surface area contributed by atoms with E-state index in [0.29, 0.717) is 19.3 Å². The van der Waals surface area contributed by atoms with Crippen LogP contribution in [0.15, 0.2) is 109 Å². The zero-order chi connectivity index (χ0) is 52.2. The predicted octanol–water partition coefficient (Wildman–Crippen LogP) is 20.3. The number of unbranched alkanes of at least 4 members (excludes halogenated alkanes) is 24. The molecule has 0 aromatic heterocycles. The fraction of sp³-hybridized carbons (Fsp3) is 0.682. The van der Waals surface area contributed by atoms with E-state index in [1.54, 1.807) is 0 Å². The van der Waals surface area contributed by atoms with Gasteiger partial charge in [0.25, 0.3) is 0 Å². The Morgan fingerprint density at radius 3 is 0.875 bits per heavy atom. The summed E-state index contributed by atoms with van der Waals surface area (Å²) in [6.45, 7) is 6.38. The van der Waals surface area contributed by atoms with Crippen molar-refractivity contribution in [3.63, 3.8) is 0 Å². The minimum absolute atomic E-state index is 0.101. The fourth-order valence-electron chi connectivity index (χ4n) is 8.11. The molecule has 0 radical (unpaired) electrons. The molecule has 0 aromatic carbocycles. The summed E-state index contributed by atoms with van der Waals surface area (Å²) in [5.74, 6) is -0.955. The van der Waals surface area contributed by atoms with Crippen molar-refractivity contribution < 1.29 is 28.6 Å². The number of allylic oxidation sites excluding steroid dienone is 18. The summed E-state index contributed by atoms with van der Waals surface area (Å²) >= 11 is 0. The van der Waals surface area contributed by atoms with E-state index in [4.69, 9.17) is 14.2 Å². The molecule has 0 saturated carbocycles. The van der Waals surface area contributed by atoms with Gasteiger partial charge < -0.3 is 14.2 Å². The van der Waals surface area contributed by atoms with Crippen molar-refractivity contribution in [3.8, 4) is 0 Å². The molecule has 0 aliphatic heterocycles. The first-order chi connectivity index (χ1) is 35.5. The smallest absolute Gasteiger partial charge is 0.306 e. The number of esters is 3. The van der Waals surface area contributed by atoms with Gasteiger partial charge in [-0.1, -0.05) is 259 Å². The van der Waals surface area contributed by atoms with Crippen molar-refractivity contribution in [3.05, 3.63) is 109 Å². The minimum Gasteiger partial charge on any atom is -0.462 e. The monoisotopic (exact) mass is 999 g/mol. The topological polar surface area (TPSA) is 78.9 Å². The molecule has 0 fully saturated rings. The molecule has 410 valence electrons. The first-order valence-corrected chi connectivity index (χ1v) is 29.9. The third-order valence-corrected chi connectivity index (χ3v) is 12.5. The third kappa shape index (κ3) is 57.0. The van der Waals surface area contributed by atoms with Crippen LogP contribution in [0.2, 0.25) is 0 Å². The van der Waals surface area contributed by atoms with Crippen molar-refractivity contribution in [2.24, 2.45) is 0 Å². The molecular formula is C66H110O6. The Hall–Kier alpha value is -3.93. The lowest BCUT2D eigenvalue weighted by Crippen LogP contribution is -2.30. The molecule has 0 saturated heterocycles. The fourth-order valence-corrected chi connectivity index (χ4v) is 8.11. The molecule has 72 heavy (non-hydrogen) atoms. The molecule has 0 rings (SSSR count). The molecule has 1 atom stereocenters. The second-order valence-corrected chi connectivity index (χ2v) is 19.5. The Balaban J connectivity index is 4.47. The normalized spacial score (nSPS) is 12.9. The number of hydrogen-bond donors (Lipinski definition) is 0. The van der Waals surface area contributed by atoms with E-state index in [2.05, 4.69) is 130 Å². The van der Waals surface area contributed by atoms with E-state index in [1.807, 2.05) is 0 Å². The molecule has 0 aromatic rings. The molecule has 1 unspecified atom stereocenters. The van der Waals surface area contributed by atoms with Crippen LogP contribution in [0.1, 0.15) is 271 Å². The molecule has 0 aliphatic carbocycles. The predicted molar refractivity (Wildman–Crippen MR) is 311 cm³/mol. The lowest BCUT2D eigenvalue weighted by atomic mass is 10.0. The lowest BCUT2D eigenvalue weighted by molar-refractivity contribution is -0.167. The summed E-state index contributed by atoms with van der Waals surface area (Å²) in [7, 11) is 0. The van der Waals surface area contributed by atoms with E-state index in [-0.39, 0.29) is 31.1 Å². The molecule has 0 N–H and O–H groups in total. The molecule has 0 bridgehead atoms. The van der Waals surface area contributed by atoms with Crippen LogP contribution in [-0.4, -0.2) is 37.2 Å². The van der Waals surface area contributed by atoms with Crippen molar-refractivity contribution in [2.45, 2.75) is 277 Å². The summed E-state index contributed by atoms with van der Waals surface area (Å²) in [5, 5.41) is 0. The van der Waals surface area contributed by atoms with Gasteiger partial charge in [0.2, 0.25) is 0 Å². The van der Waals surface area contributed by atoms with E-state index in [1.165, 1.54) is 96.3 Å². The highest BCUT2D eigenvalue weighted by Gasteiger charge is 2.19. The molecular weight excluding hydrogens is 889 g/mol. The van der Waals surface area contributed by atoms with Crippen LogP contribution in [0.3, 0.4) is 0 Å². The summed E-state index contributed by atoms with van der Waals surface area (Å²) in [4.78, 5) is 38.2. The molecule has 0 spiro atoms. The lowest BCUT2D eigenvalue weighted by Gasteiger charge is -2.18. The van der Waals surface area contributed by atoms with Gasteiger partial charge in [0.15, 0.2) is 6.10 Å². The molecule has 0 heterocycles. The summed E-state index contributed by atoms with van der Waals surface area (Å²) in [5.41, 5.74) is 0. The van der Waals surface area contributed by atoms with Gasteiger partial charge in [-0.25, -0.2) is 0 Å². The summed E-state index contributed by atoms with van der Waals surface area (Å²) in [6.07, 6.45) is 80.8. The number of hydrogen-bond acceptors (Lipinski definition) is 6. The van der Waals surface area contributed by atoms with Crippen LogP contribution >= 0.6 is 0 Å². The van der Waals surface area contributed by atoms with Gasteiger partial charge in [0, 0.05) is 19.3 Å². The Morgan fingerprint density at radius 1 is 0.292 bits per heavy atom. The second kappa shape index (κ2) is 59.6. The van der Waals surface area contributed by atoms with E-state index in [9.17, 15) is 14.4 Å². The molecule has 0 amide bonds. The van der Waals surface area contributed by atoms with Gasteiger partial charge in [-0.2, -0.15) is 0 Å². The first-order valence-electron chi connectivity index (χ1n) is 29.9. The van der Waals surface area contributed by atoms with Crippen molar-refractivity contribution in [1.29, 1.82) is 0 Å². The average Bonchev–Trinajstić information content (AvgIpc) is 3.38. The van der Waals surface area contributed by atoms with Crippen LogP contribution in [0, 0.1) is 0 Å². The summed E-state index contributed by atoms with van der Waals surface area (Å²) in [6, 6.07) is 0.